The standard InChI is InChI=1S/C65H108O6/c1-4-7-10-13-16-19-22-25-27-29-31-32-34-35-37-40-43-46-49-52-55-58-64(67)70-61-62(60-69-63(66)57-54-51-48-45-42-39-24-21-18-15-12-9-6-3)71-65(68)59-56-53-50-47-44-41-38-36-33-30-28-26-23-20-17-14-11-8-5-2/h7,9-10,12,16-21,25-28,31-32,39,42,62H,4-6,8,11,13-15,22-24,29-30,33-38,40-41,43-61H2,1-3H3/b10-7-,12-9-,19-16-,20-17-,21-18-,27-25-,28-26-,32-31-,42-39-. The Morgan fingerprint density at radius 3 is 0.873 bits per heavy atom. The second-order valence-corrected chi connectivity index (χ2v) is 19.1. The van der Waals surface area contributed by atoms with Crippen LogP contribution in [0.4, 0.5) is 0 Å². The van der Waals surface area contributed by atoms with E-state index in [1.165, 1.54) is 103 Å². The highest BCUT2D eigenvalue weighted by Crippen LogP contribution is 2.15. The monoisotopic (exact) mass is 985 g/mol. The molecule has 0 aliphatic carbocycles. The van der Waals surface area contributed by atoms with Gasteiger partial charge >= 0.3 is 17.9 Å². The summed E-state index contributed by atoms with van der Waals surface area (Å²) in [6, 6.07) is 0. The average Bonchev–Trinajstić information content (AvgIpc) is 3.37. The first-order valence-electron chi connectivity index (χ1n) is 29.4. The summed E-state index contributed by atoms with van der Waals surface area (Å²) >= 11 is 0. The molecule has 6 nitrogen and oxygen atoms in total. The minimum atomic E-state index is -0.798. The Morgan fingerprint density at radius 2 is 0.549 bits per heavy atom. The number of carbonyl (C=O) groups is 3. The van der Waals surface area contributed by atoms with Gasteiger partial charge in [-0.15, -0.1) is 0 Å². The van der Waals surface area contributed by atoms with Gasteiger partial charge in [0.05, 0.1) is 0 Å². The van der Waals surface area contributed by atoms with Gasteiger partial charge in [0, 0.05) is 19.3 Å². The molecule has 0 aromatic carbocycles. The fourth-order valence-corrected chi connectivity index (χ4v) is 7.89. The maximum Gasteiger partial charge on any atom is 0.306 e. The summed E-state index contributed by atoms with van der Waals surface area (Å²) in [4.78, 5) is 38.2. The van der Waals surface area contributed by atoms with Crippen molar-refractivity contribution in [1.29, 1.82) is 0 Å². The molecule has 0 amide bonds. The summed E-state index contributed by atoms with van der Waals surface area (Å²) in [5, 5.41) is 0. The van der Waals surface area contributed by atoms with E-state index in [0.29, 0.717) is 19.3 Å². The third-order valence-electron chi connectivity index (χ3n) is 12.2. The molecule has 6 heteroatoms. The van der Waals surface area contributed by atoms with Gasteiger partial charge in [0.1, 0.15) is 13.2 Å². The molecule has 0 aliphatic rings. The fraction of sp³-hybridized carbons (Fsp3) is 0.677. The molecule has 0 spiro atoms. The number of hydrogen-bond acceptors (Lipinski definition) is 6. The van der Waals surface area contributed by atoms with Gasteiger partial charge in [0.25, 0.3) is 0 Å². The third-order valence-corrected chi connectivity index (χ3v) is 12.2. The minimum Gasteiger partial charge on any atom is -0.462 e. The Hall–Kier alpha value is -3.93. The predicted octanol–water partition coefficient (Wildman–Crippen LogP) is 19.9. The van der Waals surface area contributed by atoms with Crippen molar-refractivity contribution in [2.24, 2.45) is 0 Å². The number of rotatable bonds is 52. The van der Waals surface area contributed by atoms with Crippen LogP contribution < -0.4 is 0 Å². The second-order valence-electron chi connectivity index (χ2n) is 19.1. The van der Waals surface area contributed by atoms with Gasteiger partial charge < -0.3 is 14.2 Å². The lowest BCUT2D eigenvalue weighted by molar-refractivity contribution is -0.167. The summed E-state index contributed by atoms with van der Waals surface area (Å²) in [7, 11) is 0. The molecular formula is C65H108O6. The first-order valence-corrected chi connectivity index (χ1v) is 29.4. The number of hydrogen-bond donors (Lipinski definition) is 0. The van der Waals surface area contributed by atoms with Crippen molar-refractivity contribution in [1.82, 2.24) is 0 Å². The van der Waals surface area contributed by atoms with Crippen LogP contribution >= 0.6 is 0 Å². The van der Waals surface area contributed by atoms with Gasteiger partial charge in [0.2, 0.25) is 0 Å². The van der Waals surface area contributed by atoms with Gasteiger partial charge in [0.15, 0.2) is 6.10 Å². The maximum absolute atomic E-state index is 12.9. The summed E-state index contributed by atoms with van der Waals surface area (Å²) in [6.07, 6.45) is 79.4. The van der Waals surface area contributed by atoms with Gasteiger partial charge in [-0.25, -0.2) is 0 Å². The van der Waals surface area contributed by atoms with Crippen LogP contribution in [0, 0.1) is 0 Å². The zero-order valence-electron chi connectivity index (χ0n) is 46.2. The van der Waals surface area contributed by atoms with E-state index in [9.17, 15) is 14.4 Å². The maximum atomic E-state index is 12.9. The van der Waals surface area contributed by atoms with E-state index in [2.05, 4.69) is 130 Å². The summed E-state index contributed by atoms with van der Waals surface area (Å²) in [5.74, 6) is -0.934. The molecule has 71 heavy (non-hydrogen) atoms. The first kappa shape index (κ1) is 67.1. The van der Waals surface area contributed by atoms with Crippen molar-refractivity contribution < 1.29 is 28.6 Å². The van der Waals surface area contributed by atoms with E-state index in [1.54, 1.807) is 0 Å². The molecule has 0 aromatic rings. The molecule has 0 aliphatic heterocycles. The minimum absolute atomic E-state index is 0.0947. The molecule has 0 N–H and O–H groups in total. The van der Waals surface area contributed by atoms with E-state index in [4.69, 9.17) is 14.2 Å². The second kappa shape index (κ2) is 58.6. The molecule has 0 fully saturated rings. The highest BCUT2D eigenvalue weighted by Gasteiger charge is 2.19. The van der Waals surface area contributed by atoms with E-state index in [0.717, 1.165) is 122 Å². The quantitative estimate of drug-likeness (QED) is 0.0261. The lowest BCUT2D eigenvalue weighted by Gasteiger charge is -2.18. The zero-order valence-corrected chi connectivity index (χ0v) is 46.2. The van der Waals surface area contributed by atoms with Crippen LogP contribution in [0.25, 0.3) is 0 Å². The van der Waals surface area contributed by atoms with Gasteiger partial charge in [-0.05, 0) is 122 Å². The molecule has 404 valence electrons. The molecule has 0 radical (unpaired) electrons. The van der Waals surface area contributed by atoms with E-state index >= 15 is 0 Å². The van der Waals surface area contributed by atoms with Crippen molar-refractivity contribution in [3.63, 3.8) is 0 Å². The highest BCUT2D eigenvalue weighted by molar-refractivity contribution is 5.71. The van der Waals surface area contributed by atoms with E-state index in [-0.39, 0.29) is 31.1 Å². The van der Waals surface area contributed by atoms with Crippen LogP contribution in [0.3, 0.4) is 0 Å². The van der Waals surface area contributed by atoms with Crippen molar-refractivity contribution in [2.45, 2.75) is 271 Å². The lowest BCUT2D eigenvalue weighted by Crippen LogP contribution is -2.30. The van der Waals surface area contributed by atoms with Gasteiger partial charge in [-0.1, -0.05) is 233 Å². The molecule has 0 saturated carbocycles. The fourth-order valence-electron chi connectivity index (χ4n) is 7.89. The number of esters is 3. The van der Waals surface area contributed by atoms with E-state index < -0.39 is 6.10 Å². The van der Waals surface area contributed by atoms with Crippen LogP contribution in [-0.4, -0.2) is 37.2 Å². The van der Waals surface area contributed by atoms with Crippen molar-refractivity contribution in [2.75, 3.05) is 13.2 Å². The van der Waals surface area contributed by atoms with Crippen LogP contribution in [-0.2, 0) is 28.6 Å². The molecule has 0 bridgehead atoms. The van der Waals surface area contributed by atoms with Crippen LogP contribution in [0.2, 0.25) is 0 Å². The Morgan fingerprint density at radius 1 is 0.296 bits per heavy atom. The average molecular weight is 986 g/mol. The SMILES string of the molecule is CC/C=C\C/C=C\C/C=C\C/C=C\CCCCCCCCCCC(=O)OCC(COC(=O)CCCCC/C=C\C/C=C\C/C=C\CC)OC(=O)CCCCCCCCCCC/C=C\C/C=C\CCCCC. The Bertz CT molecular complexity index is 1460. The molecule has 1 unspecified atom stereocenters. The van der Waals surface area contributed by atoms with Gasteiger partial charge in [-0.2, -0.15) is 0 Å². The number of unbranched alkanes of at least 4 members (excludes halogenated alkanes) is 23. The lowest BCUT2D eigenvalue weighted by atomic mass is 10.1. The molecule has 1 atom stereocenters. The van der Waals surface area contributed by atoms with Crippen molar-refractivity contribution in [3.8, 4) is 0 Å². The Labute approximate surface area is 438 Å². The number of ether oxygens (including phenoxy) is 3. The molecular weight excluding hydrogens is 877 g/mol. The molecule has 0 saturated heterocycles. The van der Waals surface area contributed by atoms with Crippen LogP contribution in [0.1, 0.15) is 265 Å². The number of carbonyl (C=O) groups excluding carboxylic acids is 3. The topological polar surface area (TPSA) is 78.9 Å². The summed E-state index contributed by atoms with van der Waals surface area (Å²) < 4.78 is 16.9. The first-order chi connectivity index (χ1) is 35.0. The van der Waals surface area contributed by atoms with Crippen molar-refractivity contribution in [3.05, 3.63) is 109 Å². The van der Waals surface area contributed by atoms with E-state index in [1.807, 2.05) is 0 Å². The molecule has 0 rings (SSSR count). The van der Waals surface area contributed by atoms with Gasteiger partial charge in [-0.3, -0.25) is 14.4 Å². The number of allylic oxidation sites excluding steroid dienone is 18. The van der Waals surface area contributed by atoms with Crippen molar-refractivity contribution >= 4 is 17.9 Å². The smallest absolute Gasteiger partial charge is 0.306 e. The highest BCUT2D eigenvalue weighted by atomic mass is 16.6. The summed E-state index contributed by atoms with van der Waals surface area (Å²) in [6.45, 7) is 6.36. The predicted molar refractivity (Wildman–Crippen MR) is 307 cm³/mol. The Balaban J connectivity index is 4.41. The summed E-state index contributed by atoms with van der Waals surface area (Å²) in [5.41, 5.74) is 0. The van der Waals surface area contributed by atoms with Crippen LogP contribution in [0.15, 0.2) is 109 Å². The normalized spacial score (nSPS) is 12.9. The Kier molecular flexibility index (Phi) is 55.4. The zero-order chi connectivity index (χ0) is 51.4. The molecule has 0 aromatic heterocycles. The largest absolute Gasteiger partial charge is 0.462 e. The molecule has 0 heterocycles. The van der Waals surface area contributed by atoms with Crippen LogP contribution in [0.5, 0.6) is 0 Å². The third kappa shape index (κ3) is 56.9.